The number of rotatable bonds is 5. The molecule has 0 saturated carbocycles. The number of carbonyl (C=O) groups is 2. The summed E-state index contributed by atoms with van der Waals surface area (Å²) in [5, 5.41) is 13.8. The van der Waals surface area contributed by atoms with E-state index >= 15 is 0 Å². The molecule has 1 amide bonds. The van der Waals surface area contributed by atoms with E-state index in [0.29, 0.717) is 11.3 Å². The molecule has 7 nitrogen and oxygen atoms in total. The van der Waals surface area contributed by atoms with E-state index in [-0.39, 0.29) is 5.63 Å². The van der Waals surface area contributed by atoms with E-state index in [9.17, 15) is 19.5 Å². The number of carbonyl (C=O) groups excluding carboxylic acids is 2. The lowest BCUT2D eigenvalue weighted by molar-refractivity contribution is -0.307. The molecule has 1 aromatic carbocycles. The molecular weight excluding hydrogens is 326 g/mol. The van der Waals surface area contributed by atoms with Crippen molar-refractivity contribution in [3.8, 4) is 5.75 Å². The molecule has 0 bridgehead atoms. The summed E-state index contributed by atoms with van der Waals surface area (Å²) in [6.07, 6.45) is 1.60. The highest BCUT2D eigenvalue weighted by Gasteiger charge is 2.21. The van der Waals surface area contributed by atoms with Gasteiger partial charge in [-0.25, -0.2) is 4.79 Å². The predicted molar refractivity (Wildman–Crippen MR) is 87.2 cm³/mol. The molecule has 1 aromatic heterocycles. The fourth-order valence-electron chi connectivity index (χ4n) is 2.98. The zero-order chi connectivity index (χ0) is 18.1. The van der Waals surface area contributed by atoms with Crippen LogP contribution in [0.2, 0.25) is 0 Å². The van der Waals surface area contributed by atoms with Gasteiger partial charge in [0.2, 0.25) is 0 Å². The molecule has 1 aliphatic rings. The minimum absolute atomic E-state index is 0.328. The molecule has 2 atom stereocenters. The standard InChI is InChI=1S/C18H19NO6/c1-9(17(21)22)19-16(20)10(2)24-11-6-7-13-12-4-3-5-14(12)18(23)25-15(13)8-11/h6-10H,3-5H2,1-2H3,(H,19,20)(H,21,22)/p-1/t9-,10-/m0/s1. The van der Waals surface area contributed by atoms with E-state index < -0.39 is 24.0 Å². The number of ether oxygens (including phenoxy) is 1. The molecule has 1 heterocycles. The quantitative estimate of drug-likeness (QED) is 0.782. The van der Waals surface area contributed by atoms with Gasteiger partial charge in [-0.3, -0.25) is 4.79 Å². The van der Waals surface area contributed by atoms with Crippen molar-refractivity contribution in [2.24, 2.45) is 0 Å². The van der Waals surface area contributed by atoms with Gasteiger partial charge in [-0.1, -0.05) is 0 Å². The second-order valence-electron chi connectivity index (χ2n) is 6.17. The van der Waals surface area contributed by atoms with Gasteiger partial charge in [-0.15, -0.1) is 0 Å². The van der Waals surface area contributed by atoms with Crippen LogP contribution < -0.4 is 20.8 Å². The first-order chi connectivity index (χ1) is 11.9. The number of benzene rings is 1. The minimum Gasteiger partial charge on any atom is -0.548 e. The number of aryl methyl sites for hydroxylation is 1. The third kappa shape index (κ3) is 3.35. The molecule has 1 N–H and O–H groups in total. The number of hydrogen-bond donors (Lipinski definition) is 1. The summed E-state index contributed by atoms with van der Waals surface area (Å²) in [6, 6.07) is 3.97. The third-order valence-electron chi connectivity index (χ3n) is 4.34. The zero-order valence-electron chi connectivity index (χ0n) is 14.0. The maximum Gasteiger partial charge on any atom is 0.339 e. The Kier molecular flexibility index (Phi) is 4.48. The van der Waals surface area contributed by atoms with Crippen molar-refractivity contribution in [1.29, 1.82) is 0 Å². The van der Waals surface area contributed by atoms with Crippen molar-refractivity contribution in [1.82, 2.24) is 5.32 Å². The highest BCUT2D eigenvalue weighted by atomic mass is 16.5. The number of fused-ring (bicyclic) bond motifs is 3. The summed E-state index contributed by atoms with van der Waals surface area (Å²) >= 11 is 0. The second kappa shape index (κ2) is 6.58. The maximum absolute atomic E-state index is 12.0. The molecule has 3 rings (SSSR count). The largest absolute Gasteiger partial charge is 0.548 e. The summed E-state index contributed by atoms with van der Waals surface area (Å²) < 4.78 is 10.9. The first-order valence-corrected chi connectivity index (χ1v) is 8.13. The van der Waals surface area contributed by atoms with Crippen LogP contribution in [0.25, 0.3) is 11.0 Å². The number of carboxylic acids is 1. The van der Waals surface area contributed by atoms with Crippen LogP contribution in [-0.2, 0) is 22.4 Å². The average molecular weight is 344 g/mol. The Balaban J connectivity index is 1.81. The van der Waals surface area contributed by atoms with Crippen LogP contribution in [0, 0.1) is 0 Å². The minimum atomic E-state index is -1.37. The molecule has 25 heavy (non-hydrogen) atoms. The number of aliphatic carboxylic acids is 1. The zero-order valence-corrected chi connectivity index (χ0v) is 14.0. The normalized spacial score (nSPS) is 15.4. The van der Waals surface area contributed by atoms with Crippen LogP contribution in [0.4, 0.5) is 0 Å². The number of nitrogens with one attached hydrogen (secondary N) is 1. The molecule has 1 aliphatic carbocycles. The maximum atomic E-state index is 12.0. The summed E-state index contributed by atoms with van der Waals surface area (Å²) in [5.74, 6) is -1.59. The number of carboxylic acid groups (broad SMARTS) is 1. The van der Waals surface area contributed by atoms with Crippen molar-refractivity contribution in [2.75, 3.05) is 0 Å². The van der Waals surface area contributed by atoms with Crippen molar-refractivity contribution in [2.45, 2.75) is 45.3 Å². The van der Waals surface area contributed by atoms with Gasteiger partial charge in [0.1, 0.15) is 11.3 Å². The lowest BCUT2D eigenvalue weighted by Gasteiger charge is -2.19. The van der Waals surface area contributed by atoms with E-state index in [1.807, 2.05) is 6.07 Å². The van der Waals surface area contributed by atoms with Gasteiger partial charge in [0.25, 0.3) is 5.91 Å². The smallest absolute Gasteiger partial charge is 0.339 e. The number of hydrogen-bond acceptors (Lipinski definition) is 6. The van der Waals surface area contributed by atoms with Gasteiger partial charge in [0.05, 0.1) is 12.0 Å². The van der Waals surface area contributed by atoms with Gasteiger partial charge < -0.3 is 24.4 Å². The van der Waals surface area contributed by atoms with Crippen molar-refractivity contribution in [3.63, 3.8) is 0 Å². The van der Waals surface area contributed by atoms with Gasteiger partial charge in [-0.05, 0) is 50.8 Å². The first-order valence-electron chi connectivity index (χ1n) is 8.13. The molecule has 0 radical (unpaired) electrons. The predicted octanol–water partition coefficient (Wildman–Crippen LogP) is 0.304. The van der Waals surface area contributed by atoms with E-state index in [0.717, 1.165) is 35.8 Å². The topological polar surface area (TPSA) is 109 Å². The summed E-state index contributed by atoms with van der Waals surface area (Å²) in [7, 11) is 0. The van der Waals surface area contributed by atoms with Crippen LogP contribution in [0.1, 0.15) is 31.4 Å². The monoisotopic (exact) mass is 344 g/mol. The molecule has 2 aromatic rings. The lowest BCUT2D eigenvalue weighted by atomic mass is 10.1. The van der Waals surface area contributed by atoms with Crippen LogP contribution in [0.15, 0.2) is 27.4 Å². The third-order valence-corrected chi connectivity index (χ3v) is 4.34. The van der Waals surface area contributed by atoms with Gasteiger partial charge in [0.15, 0.2) is 6.10 Å². The van der Waals surface area contributed by atoms with Gasteiger partial charge in [0, 0.05) is 17.0 Å². The van der Waals surface area contributed by atoms with Crippen molar-refractivity contribution < 1.29 is 23.8 Å². The molecule has 0 saturated heterocycles. The van der Waals surface area contributed by atoms with Crippen molar-refractivity contribution in [3.05, 3.63) is 39.7 Å². The molecule has 0 spiro atoms. The molecule has 0 unspecified atom stereocenters. The fraction of sp³-hybridized carbons (Fsp3) is 0.389. The Morgan fingerprint density at radius 2 is 1.96 bits per heavy atom. The SMILES string of the molecule is C[C@H](NC(=O)[C@H](C)Oc1ccc2c3c(c(=O)oc2c1)CCC3)C(=O)[O-]. The first kappa shape index (κ1) is 17.0. The highest BCUT2D eigenvalue weighted by Crippen LogP contribution is 2.29. The Labute approximate surface area is 143 Å². The van der Waals surface area contributed by atoms with Crippen LogP contribution in [0.3, 0.4) is 0 Å². The fourth-order valence-corrected chi connectivity index (χ4v) is 2.98. The Hall–Kier alpha value is -2.83. The van der Waals surface area contributed by atoms with E-state index in [1.54, 1.807) is 12.1 Å². The van der Waals surface area contributed by atoms with E-state index in [2.05, 4.69) is 5.32 Å². The van der Waals surface area contributed by atoms with E-state index in [1.165, 1.54) is 13.8 Å². The van der Waals surface area contributed by atoms with Crippen LogP contribution in [-0.4, -0.2) is 24.0 Å². The van der Waals surface area contributed by atoms with Crippen LogP contribution >= 0.6 is 0 Å². The van der Waals surface area contributed by atoms with Crippen LogP contribution in [0.5, 0.6) is 5.75 Å². The summed E-state index contributed by atoms with van der Waals surface area (Å²) in [6.45, 7) is 2.81. The average Bonchev–Trinajstić information content (AvgIpc) is 3.05. The highest BCUT2D eigenvalue weighted by molar-refractivity contribution is 5.86. The van der Waals surface area contributed by atoms with Crippen molar-refractivity contribution >= 4 is 22.8 Å². The van der Waals surface area contributed by atoms with E-state index in [4.69, 9.17) is 9.15 Å². The summed E-state index contributed by atoms with van der Waals surface area (Å²) in [5.41, 5.74) is 1.85. The Morgan fingerprint density at radius 3 is 2.68 bits per heavy atom. The Morgan fingerprint density at radius 1 is 1.24 bits per heavy atom. The molecule has 7 heteroatoms. The lowest BCUT2D eigenvalue weighted by Crippen LogP contribution is -2.49. The van der Waals surface area contributed by atoms with Gasteiger partial charge >= 0.3 is 5.63 Å². The number of amides is 1. The summed E-state index contributed by atoms with van der Waals surface area (Å²) in [4.78, 5) is 34.6. The molecule has 132 valence electrons. The molecule has 0 aliphatic heterocycles. The molecule has 0 fully saturated rings. The van der Waals surface area contributed by atoms with Gasteiger partial charge in [-0.2, -0.15) is 0 Å². The molecular formula is C18H18NO6-. The second-order valence-corrected chi connectivity index (χ2v) is 6.17. The Bertz CT molecular complexity index is 900.